The van der Waals surface area contributed by atoms with E-state index in [0.717, 1.165) is 18.4 Å². The summed E-state index contributed by atoms with van der Waals surface area (Å²) in [4.78, 5) is 16.7. The Balaban J connectivity index is 1.43. The molecule has 1 aromatic heterocycles. The number of carbonyl (C=O) groups is 1. The van der Waals surface area contributed by atoms with Gasteiger partial charge in [0.2, 0.25) is 11.7 Å². The highest BCUT2D eigenvalue weighted by molar-refractivity contribution is 5.94. The van der Waals surface area contributed by atoms with Crippen LogP contribution in [-0.2, 0) is 9.47 Å². The van der Waals surface area contributed by atoms with E-state index in [1.807, 2.05) is 12.1 Å². The molecule has 1 N–H and O–H groups in total. The molecule has 2 fully saturated rings. The number of benzene rings is 1. The fourth-order valence-corrected chi connectivity index (χ4v) is 2.77. The van der Waals surface area contributed by atoms with Gasteiger partial charge in [0.05, 0.1) is 19.3 Å². The molecule has 1 saturated carbocycles. The van der Waals surface area contributed by atoms with Crippen molar-refractivity contribution in [3.8, 4) is 11.4 Å². The topological polar surface area (TPSA) is 86.5 Å². The molecule has 0 radical (unpaired) electrons. The van der Waals surface area contributed by atoms with Gasteiger partial charge in [-0.3, -0.25) is 4.79 Å². The number of hydrogen-bond donors (Lipinski definition) is 1. The van der Waals surface area contributed by atoms with E-state index in [9.17, 15) is 4.79 Å². The van der Waals surface area contributed by atoms with Gasteiger partial charge in [-0.1, -0.05) is 17.3 Å². The Kier molecular flexibility index (Phi) is 4.03. The van der Waals surface area contributed by atoms with Crippen molar-refractivity contribution in [3.05, 3.63) is 35.7 Å². The fourth-order valence-electron chi connectivity index (χ4n) is 2.77. The zero-order valence-electron chi connectivity index (χ0n) is 13.4. The summed E-state index contributed by atoms with van der Waals surface area (Å²) in [5, 5.41) is 6.95. The number of methoxy groups -OCH3 is 1. The molecular weight excluding hydrogens is 310 g/mol. The third kappa shape index (κ3) is 3.05. The molecule has 2 atom stereocenters. The number of nitrogens with zero attached hydrogens (tertiary/aromatic N) is 2. The van der Waals surface area contributed by atoms with Gasteiger partial charge in [-0.25, -0.2) is 0 Å². The van der Waals surface area contributed by atoms with Crippen LogP contribution in [0.4, 0.5) is 0 Å². The second-order valence-electron chi connectivity index (χ2n) is 6.20. The van der Waals surface area contributed by atoms with Gasteiger partial charge < -0.3 is 19.3 Å². The van der Waals surface area contributed by atoms with Crippen molar-refractivity contribution in [1.82, 2.24) is 15.5 Å². The van der Waals surface area contributed by atoms with E-state index in [4.69, 9.17) is 14.0 Å². The number of rotatable bonds is 5. The number of amides is 1. The molecule has 1 aliphatic carbocycles. The van der Waals surface area contributed by atoms with Crippen molar-refractivity contribution < 1.29 is 18.8 Å². The van der Waals surface area contributed by atoms with E-state index in [0.29, 0.717) is 36.4 Å². The van der Waals surface area contributed by atoms with E-state index < -0.39 is 0 Å². The van der Waals surface area contributed by atoms with Crippen molar-refractivity contribution in [2.45, 2.75) is 30.9 Å². The molecule has 126 valence electrons. The van der Waals surface area contributed by atoms with Gasteiger partial charge in [-0.05, 0) is 25.0 Å². The van der Waals surface area contributed by atoms with Crippen LogP contribution in [0.15, 0.2) is 28.8 Å². The van der Waals surface area contributed by atoms with Crippen LogP contribution in [0.25, 0.3) is 11.4 Å². The zero-order valence-corrected chi connectivity index (χ0v) is 13.4. The van der Waals surface area contributed by atoms with Crippen LogP contribution in [0, 0.1) is 0 Å². The monoisotopic (exact) mass is 329 g/mol. The highest BCUT2D eigenvalue weighted by Gasteiger charge is 2.30. The molecule has 4 rings (SSSR count). The lowest BCUT2D eigenvalue weighted by Gasteiger charge is -2.17. The summed E-state index contributed by atoms with van der Waals surface area (Å²) in [5.41, 5.74) is 1.41. The average molecular weight is 329 g/mol. The van der Waals surface area contributed by atoms with Gasteiger partial charge >= 0.3 is 0 Å². The lowest BCUT2D eigenvalue weighted by atomic mass is 10.1. The van der Waals surface area contributed by atoms with Crippen LogP contribution in [0.2, 0.25) is 0 Å². The van der Waals surface area contributed by atoms with Crippen molar-refractivity contribution in [3.63, 3.8) is 0 Å². The summed E-state index contributed by atoms with van der Waals surface area (Å²) in [6.07, 6.45) is 2.13. The molecule has 0 spiro atoms. The van der Waals surface area contributed by atoms with Crippen molar-refractivity contribution in [2.24, 2.45) is 0 Å². The molecule has 2 aromatic rings. The predicted octanol–water partition coefficient (Wildman–Crippen LogP) is 1.76. The largest absolute Gasteiger partial charge is 0.377 e. The van der Waals surface area contributed by atoms with Gasteiger partial charge in [0.1, 0.15) is 6.10 Å². The second kappa shape index (κ2) is 6.33. The smallest absolute Gasteiger partial charge is 0.251 e. The highest BCUT2D eigenvalue weighted by atomic mass is 16.5. The molecule has 2 aliphatic rings. The zero-order chi connectivity index (χ0) is 16.5. The fraction of sp³-hybridized carbons (Fsp3) is 0.471. The minimum atomic E-state index is -0.147. The lowest BCUT2D eigenvalue weighted by Crippen LogP contribution is -2.43. The molecule has 1 aliphatic heterocycles. The third-order valence-corrected chi connectivity index (χ3v) is 4.42. The molecule has 7 nitrogen and oxygen atoms in total. The Morgan fingerprint density at radius 3 is 2.75 bits per heavy atom. The predicted molar refractivity (Wildman–Crippen MR) is 84.6 cm³/mol. The van der Waals surface area contributed by atoms with Crippen LogP contribution in [0.5, 0.6) is 0 Å². The summed E-state index contributed by atoms with van der Waals surface area (Å²) in [7, 11) is 1.62. The van der Waals surface area contributed by atoms with Crippen LogP contribution in [0.3, 0.4) is 0 Å². The Bertz CT molecular complexity index is 724. The number of aromatic nitrogens is 2. The van der Waals surface area contributed by atoms with E-state index >= 15 is 0 Å². The van der Waals surface area contributed by atoms with Gasteiger partial charge in [-0.2, -0.15) is 4.98 Å². The molecular formula is C17H19N3O4. The molecule has 1 saturated heterocycles. The maximum Gasteiger partial charge on any atom is 0.251 e. The Labute approximate surface area is 139 Å². The number of hydrogen-bond acceptors (Lipinski definition) is 6. The SMILES string of the molecule is CO[C@H]1COC[C@@H]1NC(=O)c1ccc(-c2noc(C3CC3)n2)cc1. The lowest BCUT2D eigenvalue weighted by molar-refractivity contribution is 0.0685. The van der Waals surface area contributed by atoms with Gasteiger partial charge in [0.15, 0.2) is 0 Å². The Hall–Kier alpha value is -2.25. The molecule has 0 unspecified atom stereocenters. The van der Waals surface area contributed by atoms with Crippen LogP contribution in [-0.4, -0.2) is 48.5 Å². The number of carbonyl (C=O) groups excluding carboxylic acids is 1. The molecule has 2 heterocycles. The molecule has 1 aromatic carbocycles. The molecule has 1 amide bonds. The van der Waals surface area contributed by atoms with E-state index in [2.05, 4.69) is 15.5 Å². The number of nitrogens with one attached hydrogen (secondary N) is 1. The summed E-state index contributed by atoms with van der Waals surface area (Å²) in [5.74, 6) is 1.55. The number of ether oxygens (including phenoxy) is 2. The quantitative estimate of drug-likeness (QED) is 0.899. The summed E-state index contributed by atoms with van der Waals surface area (Å²) < 4.78 is 15.9. The van der Waals surface area contributed by atoms with Crippen LogP contribution < -0.4 is 5.32 Å². The van der Waals surface area contributed by atoms with Crippen LogP contribution >= 0.6 is 0 Å². The first-order chi connectivity index (χ1) is 11.7. The van der Waals surface area contributed by atoms with Crippen molar-refractivity contribution >= 4 is 5.91 Å². The normalized spacial score (nSPS) is 23.4. The first-order valence-corrected chi connectivity index (χ1v) is 8.10. The van der Waals surface area contributed by atoms with E-state index in [1.54, 1.807) is 19.2 Å². The minimum absolute atomic E-state index is 0.103. The van der Waals surface area contributed by atoms with Crippen molar-refractivity contribution in [2.75, 3.05) is 20.3 Å². The highest BCUT2D eigenvalue weighted by Crippen LogP contribution is 2.39. The second-order valence-corrected chi connectivity index (χ2v) is 6.20. The van der Waals surface area contributed by atoms with E-state index in [1.165, 1.54) is 0 Å². The van der Waals surface area contributed by atoms with E-state index in [-0.39, 0.29) is 18.1 Å². The first kappa shape index (κ1) is 15.3. The summed E-state index contributed by atoms with van der Waals surface area (Å²) >= 11 is 0. The summed E-state index contributed by atoms with van der Waals surface area (Å²) in [6, 6.07) is 7.05. The molecule has 24 heavy (non-hydrogen) atoms. The minimum Gasteiger partial charge on any atom is -0.377 e. The molecule has 0 bridgehead atoms. The molecule has 7 heteroatoms. The van der Waals surface area contributed by atoms with Gasteiger partial charge in [0.25, 0.3) is 5.91 Å². The van der Waals surface area contributed by atoms with Crippen molar-refractivity contribution in [1.29, 1.82) is 0 Å². The summed E-state index contributed by atoms with van der Waals surface area (Å²) in [6.45, 7) is 0.969. The van der Waals surface area contributed by atoms with Gasteiger partial charge in [-0.15, -0.1) is 0 Å². The Morgan fingerprint density at radius 2 is 2.04 bits per heavy atom. The standard InChI is InChI=1S/C17H19N3O4/c1-22-14-9-23-8-13(14)18-16(21)11-4-2-10(3-5-11)15-19-17(24-20-15)12-6-7-12/h2-5,12-14H,6-9H2,1H3,(H,18,21)/t13-,14-/m0/s1. The van der Waals surface area contributed by atoms with Crippen LogP contribution in [0.1, 0.15) is 35.0 Å². The Morgan fingerprint density at radius 1 is 1.25 bits per heavy atom. The maximum absolute atomic E-state index is 12.3. The third-order valence-electron chi connectivity index (χ3n) is 4.42. The van der Waals surface area contributed by atoms with Gasteiger partial charge in [0, 0.05) is 24.2 Å². The average Bonchev–Trinajstić information content (AvgIpc) is 3.17. The first-order valence-electron chi connectivity index (χ1n) is 8.10. The maximum atomic E-state index is 12.3.